The van der Waals surface area contributed by atoms with Gasteiger partial charge in [-0.2, -0.15) is 0 Å². The molecule has 0 spiro atoms. The molecular formula is C13H14N2O4S. The number of carbonyl (C=O) groups is 2. The maximum atomic E-state index is 11.9. The first-order valence-electron chi connectivity index (χ1n) is 5.88. The van der Waals surface area contributed by atoms with Crippen molar-refractivity contribution >= 4 is 23.4 Å². The Morgan fingerprint density at radius 2 is 2.10 bits per heavy atom. The maximum Gasteiger partial charge on any atom is 0.421 e. The van der Waals surface area contributed by atoms with Gasteiger partial charge < -0.3 is 9.47 Å². The average Bonchev–Trinajstić information content (AvgIpc) is 2.96. The molecule has 2 rings (SSSR count). The molecule has 106 valence electrons. The maximum absolute atomic E-state index is 11.9. The van der Waals surface area contributed by atoms with Gasteiger partial charge in [0.05, 0.1) is 11.7 Å². The highest BCUT2D eigenvalue weighted by Crippen LogP contribution is 2.18. The Kier molecular flexibility index (Phi) is 3.89. The summed E-state index contributed by atoms with van der Waals surface area (Å²) >= 11 is 1.17. The number of ether oxygens (including phenoxy) is 2. The van der Waals surface area contributed by atoms with Gasteiger partial charge in [-0.1, -0.05) is 0 Å². The lowest BCUT2D eigenvalue weighted by Crippen LogP contribution is -2.27. The van der Waals surface area contributed by atoms with Gasteiger partial charge in [-0.05, 0) is 26.8 Å². The summed E-state index contributed by atoms with van der Waals surface area (Å²) in [5, 5.41) is 0. The van der Waals surface area contributed by atoms with E-state index >= 15 is 0 Å². The van der Waals surface area contributed by atoms with Gasteiger partial charge in [0.15, 0.2) is 0 Å². The van der Waals surface area contributed by atoms with Gasteiger partial charge in [0.1, 0.15) is 10.5 Å². The molecule has 0 aliphatic carbocycles. The molecule has 0 aliphatic rings. The summed E-state index contributed by atoms with van der Waals surface area (Å²) in [7, 11) is 0. The molecule has 2 aromatic heterocycles. The Balaban J connectivity index is 2.13. The second-order valence-electron chi connectivity index (χ2n) is 4.95. The largest absolute Gasteiger partial charge is 0.443 e. The van der Waals surface area contributed by atoms with Crippen molar-refractivity contribution in [3.8, 4) is 5.88 Å². The van der Waals surface area contributed by atoms with E-state index in [1.807, 2.05) is 0 Å². The Bertz CT molecular complexity index is 611. The first kappa shape index (κ1) is 14.3. The highest BCUT2D eigenvalue weighted by Gasteiger charge is 2.21. The van der Waals surface area contributed by atoms with Crippen LogP contribution >= 0.6 is 11.3 Å². The first-order valence-corrected chi connectivity index (χ1v) is 6.76. The number of hydrogen-bond donors (Lipinski definition) is 0. The lowest BCUT2D eigenvalue weighted by atomic mass is 10.2. The molecule has 0 saturated carbocycles. The van der Waals surface area contributed by atoms with Gasteiger partial charge in [0.25, 0.3) is 0 Å². The van der Waals surface area contributed by atoms with Crippen LogP contribution in [0.3, 0.4) is 0 Å². The summed E-state index contributed by atoms with van der Waals surface area (Å²) in [4.78, 5) is 27.9. The van der Waals surface area contributed by atoms with Crippen LogP contribution in [0.2, 0.25) is 0 Å². The van der Waals surface area contributed by atoms with E-state index in [1.165, 1.54) is 35.3 Å². The van der Waals surface area contributed by atoms with Crippen LogP contribution in [0.4, 0.5) is 4.79 Å². The quantitative estimate of drug-likeness (QED) is 0.796. The number of rotatable bonds is 2. The standard InChI is InChI=1S/C13H14N2O4S/c1-13(2,3)19-12(17)15-6-4-5-10(15)18-11(16)9-7-14-8-20-9/h4-8H,1-3H3. The molecule has 2 aromatic rings. The normalized spacial score (nSPS) is 11.2. The van der Waals surface area contributed by atoms with Crippen molar-refractivity contribution < 1.29 is 19.1 Å². The molecule has 0 amide bonds. The molecule has 0 N–H and O–H groups in total. The smallest absolute Gasteiger partial charge is 0.421 e. The molecule has 0 saturated heterocycles. The topological polar surface area (TPSA) is 70.4 Å². The van der Waals surface area contributed by atoms with E-state index in [9.17, 15) is 9.59 Å². The van der Waals surface area contributed by atoms with Crippen LogP contribution in [0.15, 0.2) is 30.0 Å². The molecule has 0 unspecified atom stereocenters. The minimum atomic E-state index is -0.625. The second-order valence-corrected chi connectivity index (χ2v) is 5.84. The number of thiazole rings is 1. The number of hydrogen-bond acceptors (Lipinski definition) is 6. The molecule has 0 bridgehead atoms. The highest BCUT2D eigenvalue weighted by molar-refractivity contribution is 7.11. The zero-order valence-corrected chi connectivity index (χ0v) is 12.1. The zero-order chi connectivity index (χ0) is 14.8. The Morgan fingerprint density at radius 3 is 2.70 bits per heavy atom. The lowest BCUT2D eigenvalue weighted by Gasteiger charge is -2.20. The lowest BCUT2D eigenvalue weighted by molar-refractivity contribution is 0.0515. The SMILES string of the molecule is CC(C)(C)OC(=O)n1cccc1OC(=O)c1cncs1. The minimum absolute atomic E-state index is 0.109. The van der Waals surface area contributed by atoms with Gasteiger partial charge in [0.2, 0.25) is 5.88 Å². The summed E-state index contributed by atoms with van der Waals surface area (Å²) in [5.74, 6) is -0.450. The molecule has 7 heteroatoms. The molecule has 0 aromatic carbocycles. The summed E-state index contributed by atoms with van der Waals surface area (Å²) in [6.45, 7) is 5.28. The van der Waals surface area contributed by atoms with Crippen molar-refractivity contribution in [3.63, 3.8) is 0 Å². The van der Waals surface area contributed by atoms with Crippen LogP contribution < -0.4 is 4.74 Å². The van der Waals surface area contributed by atoms with Crippen LogP contribution in [0.1, 0.15) is 30.4 Å². The fourth-order valence-electron chi connectivity index (χ4n) is 1.37. The third-order valence-electron chi connectivity index (χ3n) is 2.13. The zero-order valence-electron chi connectivity index (χ0n) is 11.3. The van der Waals surface area contributed by atoms with Crippen LogP contribution in [0.25, 0.3) is 0 Å². The Morgan fingerprint density at radius 1 is 1.35 bits per heavy atom. The van der Waals surface area contributed by atoms with E-state index in [1.54, 1.807) is 26.8 Å². The first-order chi connectivity index (χ1) is 9.37. The van der Waals surface area contributed by atoms with Crippen molar-refractivity contribution in [1.82, 2.24) is 9.55 Å². The van der Waals surface area contributed by atoms with E-state index in [0.717, 1.165) is 4.57 Å². The van der Waals surface area contributed by atoms with E-state index in [-0.39, 0.29) is 5.88 Å². The van der Waals surface area contributed by atoms with E-state index in [2.05, 4.69) is 4.98 Å². The summed E-state index contributed by atoms with van der Waals surface area (Å²) in [6, 6.07) is 3.11. The van der Waals surface area contributed by atoms with Crippen molar-refractivity contribution in [2.75, 3.05) is 0 Å². The summed E-state index contributed by atoms with van der Waals surface area (Å²) in [6.07, 6.45) is 2.28. The van der Waals surface area contributed by atoms with E-state index in [0.29, 0.717) is 4.88 Å². The average molecular weight is 294 g/mol. The van der Waals surface area contributed by atoms with Gasteiger partial charge in [-0.3, -0.25) is 4.98 Å². The molecule has 6 nitrogen and oxygen atoms in total. The molecule has 0 fully saturated rings. The number of nitrogens with zero attached hydrogens (tertiary/aromatic N) is 2. The van der Waals surface area contributed by atoms with Crippen LogP contribution in [-0.2, 0) is 4.74 Å². The summed E-state index contributed by atoms with van der Waals surface area (Å²) < 4.78 is 11.5. The second kappa shape index (κ2) is 5.46. The van der Waals surface area contributed by atoms with Gasteiger partial charge >= 0.3 is 12.1 Å². The molecule has 20 heavy (non-hydrogen) atoms. The molecule has 2 heterocycles. The van der Waals surface area contributed by atoms with Crippen molar-refractivity contribution in [3.05, 3.63) is 34.9 Å². The third-order valence-corrected chi connectivity index (χ3v) is 2.89. The van der Waals surface area contributed by atoms with Crippen LogP contribution in [0.5, 0.6) is 5.88 Å². The monoisotopic (exact) mass is 294 g/mol. The van der Waals surface area contributed by atoms with Gasteiger partial charge in [0, 0.05) is 12.3 Å². The van der Waals surface area contributed by atoms with Gasteiger partial charge in [-0.25, -0.2) is 14.2 Å². The number of aromatic nitrogens is 2. The molecule has 0 radical (unpaired) electrons. The Labute approximate surface area is 120 Å². The van der Waals surface area contributed by atoms with Crippen molar-refractivity contribution in [2.24, 2.45) is 0 Å². The van der Waals surface area contributed by atoms with Crippen molar-refractivity contribution in [1.29, 1.82) is 0 Å². The summed E-state index contributed by atoms with van der Waals surface area (Å²) in [5.41, 5.74) is 0.907. The Hall–Kier alpha value is -2.15. The fraction of sp³-hybridized carbons (Fsp3) is 0.308. The van der Waals surface area contributed by atoms with Crippen LogP contribution in [-0.4, -0.2) is 27.2 Å². The van der Waals surface area contributed by atoms with E-state index < -0.39 is 17.7 Å². The van der Waals surface area contributed by atoms with Crippen molar-refractivity contribution in [2.45, 2.75) is 26.4 Å². The highest BCUT2D eigenvalue weighted by atomic mass is 32.1. The fourth-order valence-corrected chi connectivity index (χ4v) is 1.87. The predicted octanol–water partition coefficient (Wildman–Crippen LogP) is 2.95. The van der Waals surface area contributed by atoms with E-state index in [4.69, 9.17) is 9.47 Å². The molecule has 0 aliphatic heterocycles. The van der Waals surface area contributed by atoms with Gasteiger partial charge in [-0.15, -0.1) is 11.3 Å². The molecule has 0 atom stereocenters. The number of esters is 1. The third kappa shape index (κ3) is 3.45. The number of carbonyl (C=O) groups excluding carboxylic acids is 2. The minimum Gasteiger partial charge on any atom is -0.443 e. The molecular weight excluding hydrogens is 280 g/mol. The van der Waals surface area contributed by atoms with Crippen LogP contribution in [0, 0.1) is 0 Å². The predicted molar refractivity (Wildman–Crippen MR) is 73.1 cm³/mol.